The van der Waals surface area contributed by atoms with E-state index in [1.165, 1.54) is 16.2 Å². The summed E-state index contributed by atoms with van der Waals surface area (Å²) in [7, 11) is 0. The Morgan fingerprint density at radius 3 is 2.49 bits per heavy atom. The predicted molar refractivity (Wildman–Crippen MR) is 138 cm³/mol. The van der Waals surface area contributed by atoms with E-state index in [-0.39, 0.29) is 31.8 Å². The topological polar surface area (TPSA) is 169 Å². The normalized spacial score (nSPS) is 12.7. The van der Waals surface area contributed by atoms with Crippen LogP contribution in [0.3, 0.4) is 0 Å². The van der Waals surface area contributed by atoms with Gasteiger partial charge in [0.2, 0.25) is 17.7 Å². The maximum atomic E-state index is 13.1. The zero-order chi connectivity index (χ0) is 25.2. The smallest absolute Gasteiger partial charge is 0.247 e. The average molecular weight is 498 g/mol. The number of aromatic nitrogens is 1. The zero-order valence-electron chi connectivity index (χ0n) is 19.4. The highest BCUT2D eigenvalue weighted by Crippen LogP contribution is 2.17. The first-order valence-corrected chi connectivity index (χ1v) is 12.3. The molecule has 3 rings (SSSR count). The lowest BCUT2D eigenvalue weighted by Gasteiger charge is -2.24. The van der Waals surface area contributed by atoms with E-state index >= 15 is 0 Å². The molecule has 0 aliphatic carbocycles. The first-order chi connectivity index (χ1) is 16.9. The molecule has 2 aromatic heterocycles. The Balaban J connectivity index is 1.69. The van der Waals surface area contributed by atoms with E-state index in [0.29, 0.717) is 18.8 Å². The maximum Gasteiger partial charge on any atom is 0.247 e. The molecule has 8 N–H and O–H groups in total. The largest absolute Gasteiger partial charge is 0.343 e. The number of nitrogens with two attached hydrogens (primary N) is 3. The van der Waals surface area contributed by atoms with Crippen molar-refractivity contribution in [1.29, 1.82) is 0 Å². The fraction of sp³-hybridized carbons (Fsp3) is 0.333. The first kappa shape index (κ1) is 26.2. The minimum atomic E-state index is -1.12. The number of para-hydroxylation sites is 1. The Labute approximate surface area is 207 Å². The average Bonchev–Trinajstić information content (AvgIpc) is 3.36. The molecule has 0 fully saturated rings. The van der Waals surface area contributed by atoms with Gasteiger partial charge in [0, 0.05) is 38.0 Å². The molecule has 3 aromatic rings. The third-order valence-corrected chi connectivity index (χ3v) is 6.13. The number of carbonyl (C=O) groups is 3. The summed E-state index contributed by atoms with van der Waals surface area (Å²) in [5, 5.41) is 10.2. The van der Waals surface area contributed by atoms with Gasteiger partial charge in [-0.15, -0.1) is 0 Å². The second kappa shape index (κ2) is 12.9. The van der Waals surface area contributed by atoms with Crippen LogP contribution in [-0.2, 0) is 20.8 Å². The lowest BCUT2D eigenvalue weighted by atomic mass is 10.1. The summed E-state index contributed by atoms with van der Waals surface area (Å²) in [6.45, 7) is 1.21. The van der Waals surface area contributed by atoms with E-state index in [4.69, 9.17) is 17.2 Å². The van der Waals surface area contributed by atoms with E-state index in [9.17, 15) is 14.4 Å². The molecular weight excluding hydrogens is 466 g/mol. The quantitative estimate of drug-likeness (QED) is 0.241. The third kappa shape index (κ3) is 7.55. The van der Waals surface area contributed by atoms with Crippen LogP contribution >= 0.6 is 11.3 Å². The predicted octanol–water partition coefficient (Wildman–Crippen LogP) is 0.426. The van der Waals surface area contributed by atoms with Crippen LogP contribution in [0, 0.1) is 0 Å². The molecule has 0 saturated carbocycles. The van der Waals surface area contributed by atoms with Crippen LogP contribution in [-0.4, -0.2) is 65.9 Å². The molecule has 35 heavy (non-hydrogen) atoms. The van der Waals surface area contributed by atoms with Gasteiger partial charge in [0.15, 0.2) is 0 Å². The number of thiophene rings is 1. The molecule has 0 aliphatic rings. The fourth-order valence-corrected chi connectivity index (χ4v) is 4.27. The van der Waals surface area contributed by atoms with Gasteiger partial charge in [-0.2, -0.15) is 11.3 Å². The summed E-state index contributed by atoms with van der Waals surface area (Å²) in [6.07, 6.45) is 1.63. The van der Waals surface area contributed by atoms with E-state index in [1.807, 2.05) is 47.2 Å². The second-order valence-electron chi connectivity index (χ2n) is 8.07. The molecule has 0 radical (unpaired) electrons. The Bertz CT molecular complexity index is 1130. The van der Waals surface area contributed by atoms with Crippen LogP contribution in [0.4, 0.5) is 5.69 Å². The number of fused-ring (bicyclic) bond motifs is 1. The number of hydrogen-bond acceptors (Lipinski definition) is 8. The fourth-order valence-electron chi connectivity index (χ4n) is 3.58. The Kier molecular flexibility index (Phi) is 9.67. The SMILES string of the molecule is NCCN(CCN)C(=O)C[C@H](N)C(=O)N[C@@H](Cc1ccsc1)C(=O)Nc1cnc2ccccc2c1. The molecule has 0 saturated heterocycles. The number of nitrogens with zero attached hydrogens (tertiary/aromatic N) is 2. The molecular formula is C24H31N7O3S. The third-order valence-electron chi connectivity index (χ3n) is 5.39. The van der Waals surface area contributed by atoms with Crippen LogP contribution in [0.25, 0.3) is 10.9 Å². The van der Waals surface area contributed by atoms with Gasteiger partial charge >= 0.3 is 0 Å². The molecule has 0 unspecified atom stereocenters. The molecule has 10 nitrogen and oxygen atoms in total. The number of anilines is 1. The highest BCUT2D eigenvalue weighted by Gasteiger charge is 2.27. The molecule has 11 heteroatoms. The van der Waals surface area contributed by atoms with Crippen molar-refractivity contribution in [3.05, 3.63) is 58.9 Å². The minimum Gasteiger partial charge on any atom is -0.343 e. The maximum absolute atomic E-state index is 13.1. The van der Waals surface area contributed by atoms with Gasteiger partial charge in [0.1, 0.15) is 6.04 Å². The van der Waals surface area contributed by atoms with Gasteiger partial charge in [-0.25, -0.2) is 0 Å². The molecule has 3 amide bonds. The van der Waals surface area contributed by atoms with Crippen molar-refractivity contribution in [2.24, 2.45) is 17.2 Å². The molecule has 2 heterocycles. The van der Waals surface area contributed by atoms with E-state index in [1.54, 1.807) is 6.20 Å². The van der Waals surface area contributed by atoms with Crippen LogP contribution in [0.1, 0.15) is 12.0 Å². The summed E-state index contributed by atoms with van der Waals surface area (Å²) >= 11 is 1.49. The summed E-state index contributed by atoms with van der Waals surface area (Å²) in [4.78, 5) is 44.4. The van der Waals surface area contributed by atoms with Gasteiger partial charge in [-0.1, -0.05) is 18.2 Å². The second-order valence-corrected chi connectivity index (χ2v) is 8.85. The lowest BCUT2D eigenvalue weighted by molar-refractivity contribution is -0.134. The number of pyridine rings is 1. The van der Waals surface area contributed by atoms with Gasteiger partial charge < -0.3 is 32.7 Å². The monoisotopic (exact) mass is 497 g/mol. The first-order valence-electron chi connectivity index (χ1n) is 11.3. The highest BCUT2D eigenvalue weighted by atomic mass is 32.1. The Morgan fingerprint density at radius 2 is 1.80 bits per heavy atom. The standard InChI is InChI=1S/C24H31N7O3S/c25-6-8-31(9-7-26)22(32)13-19(27)23(33)30-21(11-16-5-10-35-15-16)24(34)29-18-12-17-3-1-2-4-20(17)28-14-18/h1-5,10,12,14-15,19,21H,6-9,11,13,25-27H2,(H,29,34)(H,30,33)/t19-,21-/m0/s1. The molecule has 0 aliphatic heterocycles. The van der Waals surface area contributed by atoms with Crippen molar-refractivity contribution in [1.82, 2.24) is 15.2 Å². The van der Waals surface area contributed by atoms with E-state index < -0.39 is 23.9 Å². The summed E-state index contributed by atoms with van der Waals surface area (Å²) < 4.78 is 0. The van der Waals surface area contributed by atoms with Crippen molar-refractivity contribution in [3.8, 4) is 0 Å². The molecule has 0 spiro atoms. The Hall–Kier alpha value is -3.38. The number of carbonyl (C=O) groups excluding carboxylic acids is 3. The van der Waals surface area contributed by atoms with Gasteiger partial charge in [0.05, 0.1) is 29.9 Å². The van der Waals surface area contributed by atoms with Crippen LogP contribution in [0.2, 0.25) is 0 Å². The van der Waals surface area contributed by atoms with E-state index in [0.717, 1.165) is 16.5 Å². The summed E-state index contributed by atoms with van der Waals surface area (Å²) in [6, 6.07) is 9.24. The highest BCUT2D eigenvalue weighted by molar-refractivity contribution is 7.07. The van der Waals surface area contributed by atoms with Gasteiger partial charge in [-0.3, -0.25) is 19.4 Å². The number of rotatable bonds is 12. The van der Waals surface area contributed by atoms with Crippen molar-refractivity contribution >= 4 is 45.6 Å². The van der Waals surface area contributed by atoms with E-state index in [2.05, 4.69) is 15.6 Å². The number of nitrogens with one attached hydrogen (secondary N) is 2. The van der Waals surface area contributed by atoms with Crippen molar-refractivity contribution in [2.45, 2.75) is 24.9 Å². The number of hydrogen-bond donors (Lipinski definition) is 5. The van der Waals surface area contributed by atoms with Crippen LogP contribution in [0.15, 0.2) is 53.4 Å². The number of amides is 3. The van der Waals surface area contributed by atoms with Crippen LogP contribution < -0.4 is 27.8 Å². The lowest BCUT2D eigenvalue weighted by Crippen LogP contribution is -2.52. The number of benzene rings is 1. The minimum absolute atomic E-state index is 0.215. The molecule has 1 aromatic carbocycles. The molecule has 186 valence electrons. The van der Waals surface area contributed by atoms with Crippen molar-refractivity contribution < 1.29 is 14.4 Å². The summed E-state index contributed by atoms with van der Waals surface area (Å²) in [5.41, 5.74) is 19.3. The van der Waals surface area contributed by atoms with Gasteiger partial charge in [0.25, 0.3) is 0 Å². The Morgan fingerprint density at radius 1 is 1.06 bits per heavy atom. The zero-order valence-corrected chi connectivity index (χ0v) is 20.2. The molecule has 0 bridgehead atoms. The van der Waals surface area contributed by atoms with Crippen molar-refractivity contribution in [3.63, 3.8) is 0 Å². The van der Waals surface area contributed by atoms with Crippen molar-refractivity contribution in [2.75, 3.05) is 31.5 Å². The van der Waals surface area contributed by atoms with Crippen LogP contribution in [0.5, 0.6) is 0 Å². The molecule has 2 atom stereocenters. The summed E-state index contributed by atoms with van der Waals surface area (Å²) in [5.74, 6) is -1.32. The van der Waals surface area contributed by atoms with Gasteiger partial charge in [-0.05, 0) is 34.5 Å².